The number of benzene rings is 1. The predicted molar refractivity (Wildman–Crippen MR) is 73.4 cm³/mol. The molecule has 1 aromatic heterocycles. The molecule has 1 aromatic carbocycles. The fraction of sp³-hybridized carbons (Fsp3) is 0.154. The molecule has 1 heterocycles. The lowest BCUT2D eigenvalue weighted by Crippen LogP contribution is -2.06. The molecule has 0 amide bonds. The smallest absolute Gasteiger partial charge is 0.373 e. The van der Waals surface area contributed by atoms with E-state index in [4.69, 9.17) is 9.84 Å². The van der Waals surface area contributed by atoms with Gasteiger partial charge < -0.3 is 9.84 Å². The van der Waals surface area contributed by atoms with Crippen LogP contribution in [0.4, 0.5) is 0 Å². The first-order valence-corrected chi connectivity index (χ1v) is 6.23. The zero-order valence-corrected chi connectivity index (χ0v) is 11.9. The molecule has 0 aliphatic rings. The van der Waals surface area contributed by atoms with Gasteiger partial charge in [0.15, 0.2) is 0 Å². The zero-order chi connectivity index (χ0) is 14.0. The van der Waals surface area contributed by atoms with E-state index >= 15 is 0 Å². The number of rotatable bonds is 3. The molecule has 0 saturated carbocycles. The third-order valence-electron chi connectivity index (χ3n) is 2.48. The molecule has 0 fully saturated rings. The number of hydrogen-bond donors (Lipinski definition) is 1. The Kier molecular flexibility index (Phi) is 3.80. The molecule has 2 aromatic rings. The number of hydrogen-bond acceptors (Lipinski definition) is 4. The Morgan fingerprint density at radius 3 is 2.68 bits per heavy atom. The average molecular weight is 323 g/mol. The van der Waals surface area contributed by atoms with Gasteiger partial charge in [-0.15, -0.1) is 0 Å². The first kappa shape index (κ1) is 13.5. The molecule has 0 aliphatic carbocycles. The van der Waals surface area contributed by atoms with Crippen LogP contribution in [-0.2, 0) is 0 Å². The Morgan fingerprint density at radius 1 is 1.32 bits per heavy atom. The van der Waals surface area contributed by atoms with Gasteiger partial charge >= 0.3 is 5.97 Å². The van der Waals surface area contributed by atoms with E-state index in [2.05, 4.69) is 25.9 Å². The number of aromatic nitrogens is 2. The molecule has 5 nitrogen and oxygen atoms in total. The van der Waals surface area contributed by atoms with Crippen LogP contribution in [0.15, 0.2) is 28.7 Å². The maximum atomic E-state index is 11.0. The van der Waals surface area contributed by atoms with Crippen LogP contribution in [0.25, 0.3) is 11.3 Å². The fourth-order valence-electron chi connectivity index (χ4n) is 1.68. The number of carboxylic acids is 1. The molecule has 2 rings (SSSR count). The van der Waals surface area contributed by atoms with E-state index in [1.54, 1.807) is 26.2 Å². The Hall–Kier alpha value is -1.95. The quantitative estimate of drug-likeness (QED) is 0.940. The second-order valence-corrected chi connectivity index (χ2v) is 4.78. The van der Waals surface area contributed by atoms with Crippen molar-refractivity contribution in [1.82, 2.24) is 9.97 Å². The van der Waals surface area contributed by atoms with E-state index in [0.717, 1.165) is 4.47 Å². The van der Waals surface area contributed by atoms with Crippen molar-refractivity contribution in [1.29, 1.82) is 0 Å². The standard InChI is InChI=1S/C13H11BrN2O3/c1-7-5-10(16-12(15-7)13(17)18)9-6-8(14)3-4-11(9)19-2/h3-6H,1-2H3,(H,17,18). The highest BCUT2D eigenvalue weighted by atomic mass is 79.9. The lowest BCUT2D eigenvalue weighted by atomic mass is 10.1. The van der Waals surface area contributed by atoms with Crippen LogP contribution in [0.3, 0.4) is 0 Å². The number of methoxy groups -OCH3 is 1. The second kappa shape index (κ2) is 5.36. The topological polar surface area (TPSA) is 72.3 Å². The van der Waals surface area contributed by atoms with Crippen LogP contribution in [0.1, 0.15) is 16.3 Å². The highest BCUT2D eigenvalue weighted by Gasteiger charge is 2.13. The highest BCUT2D eigenvalue weighted by Crippen LogP contribution is 2.31. The maximum Gasteiger partial charge on any atom is 0.373 e. The van der Waals surface area contributed by atoms with Crippen LogP contribution in [0, 0.1) is 6.92 Å². The van der Waals surface area contributed by atoms with Crippen molar-refractivity contribution >= 4 is 21.9 Å². The van der Waals surface area contributed by atoms with Crippen molar-refractivity contribution in [3.8, 4) is 17.0 Å². The summed E-state index contributed by atoms with van der Waals surface area (Å²) in [6.45, 7) is 1.72. The molecule has 0 saturated heterocycles. The number of aromatic carboxylic acids is 1. The molecule has 1 N–H and O–H groups in total. The molecular weight excluding hydrogens is 312 g/mol. The van der Waals surface area contributed by atoms with Gasteiger partial charge in [0.1, 0.15) is 5.75 Å². The number of ether oxygens (including phenoxy) is 1. The van der Waals surface area contributed by atoms with Crippen LogP contribution in [0.2, 0.25) is 0 Å². The van der Waals surface area contributed by atoms with E-state index in [9.17, 15) is 4.79 Å². The van der Waals surface area contributed by atoms with Gasteiger partial charge in [-0.05, 0) is 31.2 Å². The van der Waals surface area contributed by atoms with Gasteiger partial charge in [0.05, 0.1) is 12.8 Å². The third kappa shape index (κ3) is 2.90. The number of nitrogens with zero attached hydrogens (tertiary/aromatic N) is 2. The van der Waals surface area contributed by atoms with E-state index in [-0.39, 0.29) is 5.82 Å². The monoisotopic (exact) mass is 322 g/mol. The van der Waals surface area contributed by atoms with E-state index in [0.29, 0.717) is 22.7 Å². The summed E-state index contributed by atoms with van der Waals surface area (Å²) in [5, 5.41) is 9.00. The Bertz CT molecular complexity index is 644. The summed E-state index contributed by atoms with van der Waals surface area (Å²) in [6.07, 6.45) is 0. The minimum absolute atomic E-state index is 0.225. The lowest BCUT2D eigenvalue weighted by Gasteiger charge is -2.09. The molecular formula is C13H11BrN2O3. The van der Waals surface area contributed by atoms with Gasteiger partial charge in [-0.1, -0.05) is 15.9 Å². The van der Waals surface area contributed by atoms with Gasteiger partial charge in [0, 0.05) is 15.7 Å². The summed E-state index contributed by atoms with van der Waals surface area (Å²) in [7, 11) is 1.55. The average Bonchev–Trinajstić information content (AvgIpc) is 2.37. The van der Waals surface area contributed by atoms with Crippen molar-refractivity contribution < 1.29 is 14.6 Å². The third-order valence-corrected chi connectivity index (χ3v) is 2.98. The van der Waals surface area contributed by atoms with Gasteiger partial charge in [-0.2, -0.15) is 0 Å². The van der Waals surface area contributed by atoms with Crippen molar-refractivity contribution in [2.24, 2.45) is 0 Å². The molecule has 0 radical (unpaired) electrons. The van der Waals surface area contributed by atoms with Gasteiger partial charge in [0.25, 0.3) is 0 Å². The largest absolute Gasteiger partial charge is 0.496 e. The van der Waals surface area contributed by atoms with Gasteiger partial charge in [-0.3, -0.25) is 0 Å². The van der Waals surface area contributed by atoms with Crippen LogP contribution in [-0.4, -0.2) is 28.2 Å². The van der Waals surface area contributed by atoms with E-state index < -0.39 is 5.97 Å². The fourth-order valence-corrected chi connectivity index (χ4v) is 2.04. The van der Waals surface area contributed by atoms with E-state index in [1.807, 2.05) is 12.1 Å². The summed E-state index contributed by atoms with van der Waals surface area (Å²) in [6, 6.07) is 7.18. The molecule has 0 atom stereocenters. The Morgan fingerprint density at radius 2 is 2.05 bits per heavy atom. The zero-order valence-electron chi connectivity index (χ0n) is 10.3. The molecule has 19 heavy (non-hydrogen) atoms. The van der Waals surface area contributed by atoms with Crippen LogP contribution >= 0.6 is 15.9 Å². The Labute approximate surface area is 118 Å². The molecule has 98 valence electrons. The van der Waals surface area contributed by atoms with E-state index in [1.165, 1.54) is 0 Å². The van der Waals surface area contributed by atoms with Crippen molar-refractivity contribution in [3.63, 3.8) is 0 Å². The molecule has 0 spiro atoms. The molecule has 0 unspecified atom stereocenters. The molecule has 0 bridgehead atoms. The SMILES string of the molecule is COc1ccc(Br)cc1-c1cc(C)nc(C(=O)O)n1. The Balaban J connectivity index is 2.64. The lowest BCUT2D eigenvalue weighted by molar-refractivity contribution is 0.0683. The summed E-state index contributed by atoms with van der Waals surface area (Å²) in [4.78, 5) is 18.9. The van der Waals surface area contributed by atoms with Gasteiger partial charge in [-0.25, -0.2) is 14.8 Å². The first-order valence-electron chi connectivity index (χ1n) is 5.44. The van der Waals surface area contributed by atoms with Crippen molar-refractivity contribution in [3.05, 3.63) is 40.3 Å². The number of carboxylic acid groups (broad SMARTS) is 1. The minimum atomic E-state index is -1.15. The normalized spacial score (nSPS) is 10.3. The summed E-state index contributed by atoms with van der Waals surface area (Å²) in [5.41, 5.74) is 1.82. The predicted octanol–water partition coefficient (Wildman–Crippen LogP) is 2.92. The summed E-state index contributed by atoms with van der Waals surface area (Å²) >= 11 is 3.37. The number of carbonyl (C=O) groups is 1. The van der Waals surface area contributed by atoms with Crippen molar-refractivity contribution in [2.75, 3.05) is 7.11 Å². The summed E-state index contributed by atoms with van der Waals surface area (Å²) in [5.74, 6) is -0.756. The second-order valence-electron chi connectivity index (χ2n) is 3.87. The first-order chi connectivity index (χ1) is 9.01. The van der Waals surface area contributed by atoms with Crippen LogP contribution < -0.4 is 4.74 Å². The van der Waals surface area contributed by atoms with Crippen LogP contribution in [0.5, 0.6) is 5.75 Å². The molecule has 6 heteroatoms. The summed E-state index contributed by atoms with van der Waals surface area (Å²) < 4.78 is 6.12. The maximum absolute atomic E-state index is 11.0. The minimum Gasteiger partial charge on any atom is -0.496 e. The van der Waals surface area contributed by atoms with Crippen molar-refractivity contribution in [2.45, 2.75) is 6.92 Å². The number of aryl methyl sites for hydroxylation is 1. The number of halogens is 1. The van der Waals surface area contributed by atoms with Gasteiger partial charge in [0.2, 0.25) is 5.82 Å². The highest BCUT2D eigenvalue weighted by molar-refractivity contribution is 9.10. The molecule has 0 aliphatic heterocycles.